The zero-order chi connectivity index (χ0) is 17.5. The number of carbonyl (C=O) groups excluding carboxylic acids is 1. The first kappa shape index (κ1) is 14.9. The highest BCUT2D eigenvalue weighted by Gasteiger charge is 2.87. The van der Waals surface area contributed by atoms with Crippen LogP contribution in [0.5, 0.6) is 0 Å². The maximum absolute atomic E-state index is 13.6. The number of nitrogens with zero attached hydrogens (tertiary/aromatic N) is 1. The molecule has 0 aliphatic carbocycles. The smallest absolute Gasteiger partial charge is 0.344 e. The molecule has 0 aromatic heterocycles. The standard InChI is InChI=1S/C21H16BrN2O2/c22-17-8-4-7-15-18-20(25)24(19(15)17,14-5-2-1-3-6-14)21(18)16-11-23-10-9-13(16)12-26-21/h1-9,11,18,23H,10,12H2/q+1. The number of amides is 1. The number of fused-ring (bicyclic) bond motifs is 4. The first-order valence-electron chi connectivity index (χ1n) is 8.78. The fraction of sp³-hybridized carbons (Fsp3) is 0.190. The van der Waals surface area contributed by atoms with Gasteiger partial charge in [-0.1, -0.05) is 36.4 Å². The summed E-state index contributed by atoms with van der Waals surface area (Å²) in [6, 6.07) is 16.1. The minimum atomic E-state index is -0.704. The minimum absolute atomic E-state index is 0.111. The number of dihydropyridines is 1. The Hall–Kier alpha value is -2.21. The molecule has 3 unspecified atom stereocenters. The summed E-state index contributed by atoms with van der Waals surface area (Å²) in [7, 11) is 0. The van der Waals surface area contributed by atoms with Crippen molar-refractivity contribution in [2.75, 3.05) is 13.2 Å². The van der Waals surface area contributed by atoms with Crippen LogP contribution in [0, 0.1) is 0 Å². The number of ether oxygens (including phenoxy) is 1. The summed E-state index contributed by atoms with van der Waals surface area (Å²) >= 11 is 3.72. The summed E-state index contributed by atoms with van der Waals surface area (Å²) in [5.41, 5.74) is 4.64. The molecule has 4 aliphatic heterocycles. The van der Waals surface area contributed by atoms with Crippen LogP contribution in [0.4, 0.5) is 11.4 Å². The van der Waals surface area contributed by atoms with Gasteiger partial charge < -0.3 is 10.1 Å². The van der Waals surface area contributed by atoms with E-state index in [9.17, 15) is 4.79 Å². The van der Waals surface area contributed by atoms with Gasteiger partial charge in [-0.15, -0.1) is 0 Å². The van der Waals surface area contributed by atoms with Crippen LogP contribution in [0.3, 0.4) is 0 Å². The molecule has 4 nitrogen and oxygen atoms in total. The van der Waals surface area contributed by atoms with Crippen molar-refractivity contribution in [3.63, 3.8) is 0 Å². The molecule has 4 heterocycles. The lowest BCUT2D eigenvalue weighted by Crippen LogP contribution is -2.77. The molecule has 128 valence electrons. The highest BCUT2D eigenvalue weighted by molar-refractivity contribution is 9.10. The first-order chi connectivity index (χ1) is 12.7. The Bertz CT molecular complexity index is 1050. The van der Waals surface area contributed by atoms with Gasteiger partial charge in [-0.3, -0.25) is 0 Å². The summed E-state index contributed by atoms with van der Waals surface area (Å²) < 4.78 is 7.60. The van der Waals surface area contributed by atoms with E-state index in [1.54, 1.807) is 0 Å². The maximum Gasteiger partial charge on any atom is 0.344 e. The lowest BCUT2D eigenvalue weighted by molar-refractivity contribution is -0.178. The molecule has 3 atom stereocenters. The van der Waals surface area contributed by atoms with E-state index in [4.69, 9.17) is 4.74 Å². The van der Waals surface area contributed by atoms with Crippen molar-refractivity contribution in [2.24, 2.45) is 0 Å². The van der Waals surface area contributed by atoms with Gasteiger partial charge in [-0.25, -0.2) is 4.79 Å². The Morgan fingerprint density at radius 2 is 2.00 bits per heavy atom. The number of β-lactam (4-membered cyclic amide) rings is 1. The summed E-state index contributed by atoms with van der Waals surface area (Å²) in [6.45, 7) is 1.36. The van der Waals surface area contributed by atoms with Crippen LogP contribution in [-0.4, -0.2) is 24.8 Å². The van der Waals surface area contributed by atoms with Gasteiger partial charge in [0.1, 0.15) is 5.69 Å². The van der Waals surface area contributed by atoms with E-state index < -0.39 is 5.72 Å². The SMILES string of the molecule is O=C1C2c3cccc(Br)c3[N+]1(c1ccccc1)C21OCC2=CCNC=C21. The molecular weight excluding hydrogens is 392 g/mol. The normalized spacial score (nSPS) is 33.1. The molecule has 2 fully saturated rings. The van der Waals surface area contributed by atoms with Crippen molar-refractivity contribution in [3.05, 3.63) is 82.0 Å². The fourth-order valence-electron chi connectivity index (χ4n) is 5.29. The number of hydrogen-bond donors (Lipinski definition) is 1. The number of para-hydroxylation sites is 2. The van der Waals surface area contributed by atoms with Crippen LogP contribution in [-0.2, 0) is 9.53 Å². The predicted molar refractivity (Wildman–Crippen MR) is 103 cm³/mol. The average Bonchev–Trinajstić information content (AvgIpc) is 3.29. The lowest BCUT2D eigenvalue weighted by atomic mass is 9.75. The van der Waals surface area contributed by atoms with Gasteiger partial charge >= 0.3 is 5.91 Å². The van der Waals surface area contributed by atoms with E-state index in [-0.39, 0.29) is 16.3 Å². The summed E-state index contributed by atoms with van der Waals surface area (Å²) in [5, 5.41) is 3.32. The zero-order valence-electron chi connectivity index (χ0n) is 13.9. The second-order valence-corrected chi connectivity index (χ2v) is 7.99. The molecule has 4 aliphatic rings. The molecule has 0 radical (unpaired) electrons. The Labute approximate surface area is 159 Å². The number of benzene rings is 2. The Kier molecular flexibility index (Phi) is 2.72. The van der Waals surface area contributed by atoms with Crippen LogP contribution in [0.15, 0.2) is 76.4 Å². The number of nitrogens with one attached hydrogen (secondary N) is 1. The van der Waals surface area contributed by atoms with Gasteiger partial charge in [-0.05, 0) is 27.6 Å². The number of hydrogen-bond acceptors (Lipinski definition) is 3. The molecule has 1 amide bonds. The van der Waals surface area contributed by atoms with Crippen LogP contribution in [0.25, 0.3) is 0 Å². The average molecular weight is 408 g/mol. The van der Waals surface area contributed by atoms with Crippen molar-refractivity contribution >= 4 is 33.2 Å². The molecular formula is C21H16BrN2O2+. The van der Waals surface area contributed by atoms with Crippen molar-refractivity contribution in [2.45, 2.75) is 11.6 Å². The molecule has 26 heavy (non-hydrogen) atoms. The monoisotopic (exact) mass is 407 g/mol. The van der Waals surface area contributed by atoms with Crippen molar-refractivity contribution in [1.29, 1.82) is 0 Å². The molecule has 2 aromatic carbocycles. The highest BCUT2D eigenvalue weighted by Crippen LogP contribution is 2.73. The van der Waals surface area contributed by atoms with E-state index in [0.29, 0.717) is 6.61 Å². The third-order valence-corrected chi connectivity index (χ3v) is 6.81. The number of halogens is 1. The van der Waals surface area contributed by atoms with Gasteiger partial charge in [0.2, 0.25) is 0 Å². The topological polar surface area (TPSA) is 38.3 Å². The van der Waals surface area contributed by atoms with Crippen molar-refractivity contribution < 1.29 is 9.53 Å². The van der Waals surface area contributed by atoms with Crippen molar-refractivity contribution in [1.82, 2.24) is 9.80 Å². The summed E-state index contributed by atoms with van der Waals surface area (Å²) in [4.78, 5) is 13.6. The summed E-state index contributed by atoms with van der Waals surface area (Å²) in [5.74, 6) is -0.0851. The van der Waals surface area contributed by atoms with Gasteiger partial charge in [0, 0.05) is 30.4 Å². The number of rotatable bonds is 1. The van der Waals surface area contributed by atoms with E-state index in [2.05, 4.69) is 39.6 Å². The molecule has 2 aromatic rings. The molecule has 5 heteroatoms. The van der Waals surface area contributed by atoms with Gasteiger partial charge in [0.05, 0.1) is 16.7 Å². The van der Waals surface area contributed by atoms with Crippen molar-refractivity contribution in [3.8, 4) is 0 Å². The van der Waals surface area contributed by atoms with E-state index in [1.165, 1.54) is 5.57 Å². The molecule has 2 saturated heterocycles. The molecule has 1 spiro atoms. The second kappa shape index (κ2) is 4.74. The molecule has 0 saturated carbocycles. The van der Waals surface area contributed by atoms with Gasteiger partial charge in [0.15, 0.2) is 11.6 Å². The van der Waals surface area contributed by atoms with Gasteiger partial charge in [-0.2, -0.15) is 4.48 Å². The molecule has 2 bridgehead atoms. The Morgan fingerprint density at radius 1 is 1.15 bits per heavy atom. The largest absolute Gasteiger partial charge is 0.387 e. The van der Waals surface area contributed by atoms with E-state index >= 15 is 0 Å². The van der Waals surface area contributed by atoms with E-state index in [0.717, 1.165) is 33.5 Å². The van der Waals surface area contributed by atoms with Crippen LogP contribution in [0.1, 0.15) is 11.5 Å². The number of quaternary nitrogens is 1. The maximum atomic E-state index is 13.6. The first-order valence-corrected chi connectivity index (χ1v) is 9.58. The second-order valence-electron chi connectivity index (χ2n) is 7.14. The lowest BCUT2D eigenvalue weighted by Gasteiger charge is -2.53. The Balaban J connectivity index is 1.73. The minimum Gasteiger partial charge on any atom is -0.387 e. The fourth-order valence-corrected chi connectivity index (χ4v) is 5.94. The van der Waals surface area contributed by atoms with Crippen LogP contribution >= 0.6 is 15.9 Å². The third-order valence-electron chi connectivity index (χ3n) is 6.17. The van der Waals surface area contributed by atoms with Crippen LogP contribution < -0.4 is 9.80 Å². The summed E-state index contributed by atoms with van der Waals surface area (Å²) in [6.07, 6.45) is 4.23. The Morgan fingerprint density at radius 3 is 2.85 bits per heavy atom. The highest BCUT2D eigenvalue weighted by atomic mass is 79.9. The molecule has 6 rings (SSSR count). The van der Waals surface area contributed by atoms with Crippen LogP contribution in [0.2, 0.25) is 0 Å². The third kappa shape index (κ3) is 1.34. The molecule has 1 N–H and O–H groups in total. The number of carbonyl (C=O) groups is 1. The van der Waals surface area contributed by atoms with Gasteiger partial charge in [0.25, 0.3) is 5.72 Å². The quantitative estimate of drug-likeness (QED) is 0.575. The predicted octanol–water partition coefficient (Wildman–Crippen LogP) is 3.87. The zero-order valence-corrected chi connectivity index (χ0v) is 15.5. The van der Waals surface area contributed by atoms with E-state index in [1.807, 2.05) is 42.5 Å².